The first-order valence-electron chi connectivity index (χ1n) is 5.78. The van der Waals surface area contributed by atoms with Crippen LogP contribution in [0.5, 0.6) is 5.19 Å². The summed E-state index contributed by atoms with van der Waals surface area (Å²) in [6.07, 6.45) is 1.13. The van der Waals surface area contributed by atoms with Crippen molar-refractivity contribution in [2.45, 2.75) is 20.3 Å². The van der Waals surface area contributed by atoms with Crippen molar-refractivity contribution in [3.8, 4) is 16.5 Å². The molecule has 0 aliphatic rings. The highest BCUT2D eigenvalue weighted by atomic mass is 32.1. The molecule has 1 heterocycles. The van der Waals surface area contributed by atoms with Crippen LogP contribution in [0.1, 0.15) is 19.4 Å². The lowest BCUT2D eigenvalue weighted by Crippen LogP contribution is -1.93. The predicted molar refractivity (Wildman–Crippen MR) is 72.6 cm³/mol. The molecule has 0 saturated carbocycles. The fourth-order valence-electron chi connectivity index (χ4n) is 1.77. The maximum absolute atomic E-state index is 5.10. The Hall–Kier alpha value is -1.35. The van der Waals surface area contributed by atoms with E-state index in [1.165, 1.54) is 16.9 Å². The molecule has 0 N–H and O–H groups in total. The van der Waals surface area contributed by atoms with Crippen LogP contribution >= 0.6 is 11.3 Å². The summed E-state index contributed by atoms with van der Waals surface area (Å²) in [5.41, 5.74) is 3.52. The monoisotopic (exact) mass is 247 g/mol. The molecule has 0 saturated heterocycles. The molecule has 2 rings (SSSR count). The Morgan fingerprint density at radius 1 is 1.24 bits per heavy atom. The van der Waals surface area contributed by atoms with Gasteiger partial charge < -0.3 is 4.74 Å². The second-order valence-corrected chi connectivity index (χ2v) is 5.32. The quantitative estimate of drug-likeness (QED) is 0.814. The van der Waals surface area contributed by atoms with Crippen molar-refractivity contribution in [2.75, 3.05) is 7.11 Å². The topological polar surface area (TPSA) is 22.1 Å². The highest BCUT2D eigenvalue weighted by Crippen LogP contribution is 2.26. The van der Waals surface area contributed by atoms with Gasteiger partial charge >= 0.3 is 0 Å². The van der Waals surface area contributed by atoms with E-state index in [9.17, 15) is 0 Å². The molecular weight excluding hydrogens is 230 g/mol. The third-order valence-electron chi connectivity index (χ3n) is 2.55. The highest BCUT2D eigenvalue weighted by Gasteiger charge is 2.04. The Morgan fingerprint density at radius 2 is 1.94 bits per heavy atom. The van der Waals surface area contributed by atoms with E-state index in [0.717, 1.165) is 17.7 Å². The van der Waals surface area contributed by atoms with Crippen molar-refractivity contribution in [3.63, 3.8) is 0 Å². The van der Waals surface area contributed by atoms with Gasteiger partial charge in [0.05, 0.1) is 12.8 Å². The van der Waals surface area contributed by atoms with Gasteiger partial charge in [0, 0.05) is 10.9 Å². The Balaban J connectivity index is 2.17. The zero-order chi connectivity index (χ0) is 12.3. The summed E-state index contributed by atoms with van der Waals surface area (Å²) in [5, 5.41) is 2.74. The van der Waals surface area contributed by atoms with Gasteiger partial charge in [-0.1, -0.05) is 49.4 Å². The van der Waals surface area contributed by atoms with Gasteiger partial charge in [-0.2, -0.15) is 0 Å². The smallest absolute Gasteiger partial charge is 0.273 e. The highest BCUT2D eigenvalue weighted by molar-refractivity contribution is 7.11. The molecule has 17 heavy (non-hydrogen) atoms. The summed E-state index contributed by atoms with van der Waals surface area (Å²) < 4.78 is 5.10. The molecule has 2 nitrogen and oxygen atoms in total. The van der Waals surface area contributed by atoms with Crippen LogP contribution in [0.3, 0.4) is 0 Å². The summed E-state index contributed by atoms with van der Waals surface area (Å²) >= 11 is 1.53. The van der Waals surface area contributed by atoms with E-state index in [1.54, 1.807) is 7.11 Å². The minimum absolute atomic E-state index is 0.695. The fourth-order valence-corrected chi connectivity index (χ4v) is 2.42. The average Bonchev–Trinajstić information content (AvgIpc) is 2.78. The molecule has 1 aromatic carbocycles. The number of ether oxygens (including phenoxy) is 1. The van der Waals surface area contributed by atoms with Crippen molar-refractivity contribution in [1.29, 1.82) is 0 Å². The first-order chi connectivity index (χ1) is 8.19. The number of aromatic nitrogens is 1. The lowest BCUT2D eigenvalue weighted by Gasteiger charge is -2.05. The molecule has 1 aromatic heterocycles. The van der Waals surface area contributed by atoms with Crippen molar-refractivity contribution >= 4 is 11.3 Å². The minimum atomic E-state index is 0.695. The molecule has 0 unspecified atom stereocenters. The number of nitrogens with zero attached hydrogens (tertiary/aromatic N) is 1. The number of hydrogen-bond acceptors (Lipinski definition) is 3. The molecule has 0 fully saturated rings. The number of hydrogen-bond donors (Lipinski definition) is 0. The average molecular weight is 247 g/mol. The molecular formula is C14H17NOS. The maximum Gasteiger partial charge on any atom is 0.273 e. The van der Waals surface area contributed by atoms with Crippen molar-refractivity contribution in [2.24, 2.45) is 5.92 Å². The van der Waals surface area contributed by atoms with Crippen LogP contribution in [0.2, 0.25) is 0 Å². The first kappa shape index (κ1) is 12.1. The Labute approximate surface area is 106 Å². The van der Waals surface area contributed by atoms with E-state index in [0.29, 0.717) is 11.1 Å². The zero-order valence-electron chi connectivity index (χ0n) is 10.4. The fraction of sp³-hybridized carbons (Fsp3) is 0.357. The number of benzene rings is 1. The van der Waals surface area contributed by atoms with Crippen molar-refractivity contribution in [1.82, 2.24) is 4.98 Å². The van der Waals surface area contributed by atoms with Gasteiger partial charge in [-0.05, 0) is 17.9 Å². The standard InChI is InChI=1S/C14H17NOS/c1-10(2)8-11-4-6-12(7-5-11)13-9-17-14(15-13)16-3/h4-7,9-10H,8H2,1-3H3. The number of rotatable bonds is 4. The lowest BCUT2D eigenvalue weighted by atomic mass is 10.0. The summed E-state index contributed by atoms with van der Waals surface area (Å²) in [4.78, 5) is 4.39. The summed E-state index contributed by atoms with van der Waals surface area (Å²) in [6, 6.07) is 8.63. The lowest BCUT2D eigenvalue weighted by molar-refractivity contribution is 0.412. The van der Waals surface area contributed by atoms with E-state index in [4.69, 9.17) is 4.74 Å². The largest absolute Gasteiger partial charge is 0.473 e. The Kier molecular flexibility index (Phi) is 3.79. The van der Waals surface area contributed by atoms with E-state index >= 15 is 0 Å². The molecule has 0 amide bonds. The molecule has 0 radical (unpaired) electrons. The maximum atomic E-state index is 5.10. The summed E-state index contributed by atoms with van der Waals surface area (Å²) in [5.74, 6) is 0.695. The Morgan fingerprint density at radius 3 is 2.47 bits per heavy atom. The summed E-state index contributed by atoms with van der Waals surface area (Å²) in [6.45, 7) is 4.47. The SMILES string of the molecule is COc1nc(-c2ccc(CC(C)C)cc2)cs1. The molecule has 0 atom stereocenters. The third-order valence-corrected chi connectivity index (χ3v) is 3.35. The van der Waals surface area contributed by atoms with Gasteiger partial charge in [0.2, 0.25) is 0 Å². The van der Waals surface area contributed by atoms with Crippen LogP contribution in [0.15, 0.2) is 29.6 Å². The van der Waals surface area contributed by atoms with Gasteiger partial charge in [-0.25, -0.2) is 4.98 Å². The van der Waals surface area contributed by atoms with Crippen LogP contribution in [0.25, 0.3) is 11.3 Å². The molecule has 3 heteroatoms. The number of methoxy groups -OCH3 is 1. The van der Waals surface area contributed by atoms with Gasteiger partial charge in [0.1, 0.15) is 0 Å². The molecule has 0 aliphatic carbocycles. The van der Waals surface area contributed by atoms with E-state index in [1.807, 2.05) is 5.38 Å². The Bertz CT molecular complexity index is 473. The summed E-state index contributed by atoms with van der Waals surface area (Å²) in [7, 11) is 1.65. The normalized spacial score (nSPS) is 10.8. The van der Waals surface area contributed by atoms with Crippen molar-refractivity contribution in [3.05, 3.63) is 35.2 Å². The molecule has 0 spiro atoms. The number of thiazole rings is 1. The van der Waals surface area contributed by atoms with Crippen LogP contribution in [-0.4, -0.2) is 12.1 Å². The van der Waals surface area contributed by atoms with E-state index < -0.39 is 0 Å². The molecule has 0 aliphatic heterocycles. The van der Waals surface area contributed by atoms with Crippen LogP contribution in [0, 0.1) is 5.92 Å². The predicted octanol–water partition coefficient (Wildman–Crippen LogP) is 4.02. The van der Waals surface area contributed by atoms with E-state index in [2.05, 4.69) is 43.1 Å². The van der Waals surface area contributed by atoms with Gasteiger partial charge in [-0.15, -0.1) is 0 Å². The second-order valence-electron chi connectivity index (χ2n) is 4.50. The van der Waals surface area contributed by atoms with Crippen LogP contribution < -0.4 is 4.74 Å². The van der Waals surface area contributed by atoms with Gasteiger partial charge in [0.15, 0.2) is 0 Å². The molecule has 2 aromatic rings. The minimum Gasteiger partial charge on any atom is -0.473 e. The van der Waals surface area contributed by atoms with E-state index in [-0.39, 0.29) is 0 Å². The molecule has 90 valence electrons. The molecule has 0 bridgehead atoms. The van der Waals surface area contributed by atoms with Crippen LogP contribution in [-0.2, 0) is 6.42 Å². The zero-order valence-corrected chi connectivity index (χ0v) is 11.3. The van der Waals surface area contributed by atoms with Crippen LogP contribution in [0.4, 0.5) is 0 Å². The second kappa shape index (κ2) is 5.32. The van der Waals surface area contributed by atoms with Gasteiger partial charge in [0.25, 0.3) is 5.19 Å². The third kappa shape index (κ3) is 3.07. The van der Waals surface area contributed by atoms with Crippen molar-refractivity contribution < 1.29 is 4.74 Å². The first-order valence-corrected chi connectivity index (χ1v) is 6.66. The van der Waals surface area contributed by atoms with Gasteiger partial charge in [-0.3, -0.25) is 0 Å².